The van der Waals surface area contributed by atoms with Crippen LogP contribution < -0.4 is 25.0 Å². The van der Waals surface area contributed by atoms with Crippen LogP contribution in [0.5, 0.6) is 5.75 Å². The number of nitrogens with one attached hydrogen (secondary N) is 1. The second-order valence-corrected chi connectivity index (χ2v) is 13.6. The van der Waals surface area contributed by atoms with Gasteiger partial charge in [0.05, 0.1) is 28.6 Å². The summed E-state index contributed by atoms with van der Waals surface area (Å²) in [6.45, 7) is -0.349. The first kappa shape index (κ1) is 28.9. The van der Waals surface area contributed by atoms with Crippen molar-refractivity contribution in [2.45, 2.75) is 27.6 Å². The van der Waals surface area contributed by atoms with Crippen LogP contribution in [0.25, 0.3) is 0 Å². The van der Waals surface area contributed by atoms with Crippen molar-refractivity contribution in [3.63, 3.8) is 0 Å². The summed E-state index contributed by atoms with van der Waals surface area (Å²) in [5.74, 6) is -2.04. The van der Waals surface area contributed by atoms with Crippen molar-refractivity contribution < 1.29 is 27.5 Å². The van der Waals surface area contributed by atoms with Crippen molar-refractivity contribution in [1.82, 2.24) is 4.57 Å². The van der Waals surface area contributed by atoms with Crippen LogP contribution in [0.2, 0.25) is 0 Å². The first-order valence-electron chi connectivity index (χ1n) is 13.0. The van der Waals surface area contributed by atoms with E-state index in [0.29, 0.717) is 27.0 Å². The van der Waals surface area contributed by atoms with Gasteiger partial charge < -0.3 is 10.1 Å². The smallest absolute Gasteiger partial charge is 0.308 e. The number of thioether (sulfide) groups is 1. The number of aromatic nitrogens is 1. The number of rotatable bonds is 7. The number of carbonyl (C=O) groups is 3. The lowest BCUT2D eigenvalue weighted by Crippen LogP contribution is -2.33. The van der Waals surface area contributed by atoms with Gasteiger partial charge in [0.2, 0.25) is 27.7 Å². The van der Waals surface area contributed by atoms with Crippen LogP contribution in [0.1, 0.15) is 16.4 Å². The number of nitrogens with zero attached hydrogens (tertiary/aromatic N) is 2. The molecule has 3 N–H and O–H groups in total. The van der Waals surface area contributed by atoms with Gasteiger partial charge in [0.15, 0.2) is 0 Å². The molecule has 3 amide bonds. The molecule has 3 heterocycles. The SMILES string of the molecule is COc1ccc(N2C(=O)[C@H]3[C@H](c4ccccc4)c4sc(=O)n(CC(=O)Nc5ccc(S(N)(=O)=O)cc5)c4S[C@H]3C2=O)cc1. The first-order chi connectivity index (χ1) is 20.6. The minimum absolute atomic E-state index is 0.106. The van der Waals surface area contributed by atoms with E-state index in [2.05, 4.69) is 5.32 Å². The number of nitrogens with two attached hydrogens (primary N) is 1. The molecule has 1 fully saturated rings. The molecule has 14 heteroatoms. The zero-order valence-corrected chi connectivity index (χ0v) is 24.9. The topological polar surface area (TPSA) is 158 Å². The van der Waals surface area contributed by atoms with Crippen LogP contribution in [-0.4, -0.2) is 43.1 Å². The third kappa shape index (κ3) is 5.27. The highest BCUT2D eigenvalue weighted by Gasteiger charge is 2.56. The number of hydrogen-bond donors (Lipinski definition) is 2. The Bertz CT molecular complexity index is 1900. The van der Waals surface area contributed by atoms with E-state index in [1.807, 2.05) is 30.3 Å². The Hall–Kier alpha value is -4.24. The van der Waals surface area contributed by atoms with E-state index in [1.165, 1.54) is 40.8 Å². The summed E-state index contributed by atoms with van der Waals surface area (Å²) in [5.41, 5.74) is 1.52. The Kier molecular flexibility index (Phi) is 7.46. The monoisotopic (exact) mass is 636 g/mol. The van der Waals surface area contributed by atoms with Crippen LogP contribution in [-0.2, 0) is 31.0 Å². The highest BCUT2D eigenvalue weighted by molar-refractivity contribution is 8.00. The molecule has 0 spiro atoms. The van der Waals surface area contributed by atoms with Crippen molar-refractivity contribution in [1.29, 1.82) is 0 Å². The van der Waals surface area contributed by atoms with Gasteiger partial charge in [-0.05, 0) is 54.1 Å². The fourth-order valence-electron chi connectivity index (χ4n) is 5.33. The van der Waals surface area contributed by atoms with Gasteiger partial charge in [0, 0.05) is 16.5 Å². The number of imide groups is 1. The molecule has 0 bridgehead atoms. The van der Waals surface area contributed by atoms with E-state index in [9.17, 15) is 27.6 Å². The molecular weight excluding hydrogens is 613 g/mol. The molecule has 2 aliphatic rings. The number of primary sulfonamides is 1. The first-order valence-corrected chi connectivity index (χ1v) is 16.2. The number of benzene rings is 3. The summed E-state index contributed by atoms with van der Waals surface area (Å²) in [7, 11) is -2.37. The third-order valence-corrected chi connectivity index (χ3v) is 10.8. The zero-order chi connectivity index (χ0) is 30.5. The Balaban J connectivity index is 1.34. The third-order valence-electron chi connectivity index (χ3n) is 7.31. The average Bonchev–Trinajstić information content (AvgIpc) is 3.43. The zero-order valence-electron chi connectivity index (χ0n) is 22.5. The number of methoxy groups -OCH3 is 1. The lowest BCUT2D eigenvalue weighted by molar-refractivity contribution is -0.122. The van der Waals surface area contributed by atoms with Gasteiger partial charge in [-0.25, -0.2) is 18.5 Å². The van der Waals surface area contributed by atoms with Crippen LogP contribution >= 0.6 is 23.1 Å². The Morgan fingerprint density at radius 1 is 0.953 bits per heavy atom. The molecular formula is C29H24N4O7S3. The minimum atomic E-state index is -3.89. The Morgan fingerprint density at radius 3 is 2.26 bits per heavy atom. The van der Waals surface area contributed by atoms with Gasteiger partial charge in [-0.2, -0.15) is 0 Å². The van der Waals surface area contributed by atoms with Crippen LogP contribution in [0, 0.1) is 5.92 Å². The summed E-state index contributed by atoms with van der Waals surface area (Å²) in [6, 6.07) is 21.2. The maximum Gasteiger partial charge on any atom is 0.308 e. The average molecular weight is 637 g/mol. The van der Waals surface area contributed by atoms with Gasteiger partial charge in [0.1, 0.15) is 17.5 Å². The standard InChI is InChI=1S/C29H24N4O7S3/c1-40-19-11-9-18(10-12-19)33-26(35)23-22(16-5-3-2-4-6-16)25-28(41-24(23)27(33)36)32(29(37)42-25)15-21(34)31-17-7-13-20(14-8-17)43(30,38)39/h2-14,22-24H,15H2,1H3,(H,31,34)(H2,30,38,39)/t22-,23-,24+/m0/s1. The molecule has 3 atom stereocenters. The van der Waals surface area contributed by atoms with Crippen molar-refractivity contribution in [2.24, 2.45) is 11.1 Å². The molecule has 3 aromatic carbocycles. The minimum Gasteiger partial charge on any atom is -0.497 e. The number of carbonyl (C=O) groups excluding carboxylic acids is 3. The lowest BCUT2D eigenvalue weighted by atomic mass is 9.83. The number of fused-ring (bicyclic) bond motifs is 2. The van der Waals surface area contributed by atoms with E-state index in [-0.39, 0.29) is 17.3 Å². The number of amides is 3. The predicted octanol–water partition coefficient (Wildman–Crippen LogP) is 3.00. The maximum absolute atomic E-state index is 13.9. The fourth-order valence-corrected chi connectivity index (χ4v) is 8.62. The lowest BCUT2D eigenvalue weighted by Gasteiger charge is -2.30. The molecule has 0 aliphatic carbocycles. The molecule has 0 radical (unpaired) electrons. The fraction of sp³-hybridized carbons (Fsp3) is 0.172. The van der Waals surface area contributed by atoms with Gasteiger partial charge in [-0.15, -0.1) is 0 Å². The van der Waals surface area contributed by atoms with E-state index in [4.69, 9.17) is 9.88 Å². The van der Waals surface area contributed by atoms with Crippen molar-refractivity contribution in [2.75, 3.05) is 17.3 Å². The van der Waals surface area contributed by atoms with Crippen LogP contribution in [0.15, 0.2) is 93.6 Å². The van der Waals surface area contributed by atoms with Crippen molar-refractivity contribution in [3.8, 4) is 5.75 Å². The Labute approximate surface area is 254 Å². The van der Waals surface area contributed by atoms with E-state index in [1.54, 1.807) is 24.3 Å². The normalized spacial score (nSPS) is 19.6. The van der Waals surface area contributed by atoms with E-state index >= 15 is 0 Å². The predicted molar refractivity (Wildman–Crippen MR) is 162 cm³/mol. The van der Waals surface area contributed by atoms with Gasteiger partial charge in [0.25, 0.3) is 0 Å². The molecule has 4 aromatic rings. The second-order valence-electron chi connectivity index (χ2n) is 9.90. The number of thiazole rings is 1. The molecule has 1 saturated heterocycles. The summed E-state index contributed by atoms with van der Waals surface area (Å²) >= 11 is 2.07. The molecule has 43 heavy (non-hydrogen) atoms. The highest BCUT2D eigenvalue weighted by Crippen LogP contribution is 2.53. The number of ether oxygens (including phenoxy) is 1. The van der Waals surface area contributed by atoms with Crippen LogP contribution in [0.4, 0.5) is 11.4 Å². The second kappa shape index (κ2) is 11.1. The molecule has 0 saturated carbocycles. The summed E-state index contributed by atoms with van der Waals surface area (Å²) in [4.78, 5) is 55.3. The van der Waals surface area contributed by atoms with Gasteiger partial charge in [-0.1, -0.05) is 53.4 Å². The molecule has 2 aliphatic heterocycles. The number of sulfonamides is 1. The molecule has 11 nitrogen and oxygen atoms in total. The van der Waals surface area contributed by atoms with Crippen LogP contribution in [0.3, 0.4) is 0 Å². The number of hydrogen-bond acceptors (Lipinski definition) is 9. The van der Waals surface area contributed by atoms with Gasteiger partial charge in [-0.3, -0.25) is 23.7 Å². The summed E-state index contributed by atoms with van der Waals surface area (Å²) in [5, 5.41) is 7.43. The molecule has 220 valence electrons. The Morgan fingerprint density at radius 2 is 1.63 bits per heavy atom. The molecule has 6 rings (SSSR count). The van der Waals surface area contributed by atoms with Gasteiger partial charge >= 0.3 is 4.87 Å². The van der Waals surface area contributed by atoms with E-state index in [0.717, 1.165) is 28.7 Å². The number of anilines is 2. The van der Waals surface area contributed by atoms with Crippen molar-refractivity contribution in [3.05, 3.63) is 99.0 Å². The highest BCUT2D eigenvalue weighted by atomic mass is 32.2. The summed E-state index contributed by atoms with van der Waals surface area (Å²) in [6.07, 6.45) is 0. The van der Waals surface area contributed by atoms with E-state index < -0.39 is 43.8 Å². The largest absolute Gasteiger partial charge is 0.497 e. The quantitative estimate of drug-likeness (QED) is 0.293. The maximum atomic E-state index is 13.9. The molecule has 1 aromatic heterocycles. The molecule has 0 unspecified atom stereocenters. The van der Waals surface area contributed by atoms with Crippen molar-refractivity contribution >= 4 is 62.2 Å². The summed E-state index contributed by atoms with van der Waals surface area (Å²) < 4.78 is 29.6.